The number of sulfonamides is 1. The predicted molar refractivity (Wildman–Crippen MR) is 41.7 cm³/mol. The Morgan fingerprint density at radius 2 is 2.18 bits per heavy atom. The summed E-state index contributed by atoms with van der Waals surface area (Å²) >= 11 is 5.52. The lowest BCUT2D eigenvalue weighted by Crippen LogP contribution is -2.12. The van der Waals surface area contributed by atoms with Crippen LogP contribution in [0, 0.1) is 6.07 Å². The zero-order valence-corrected chi connectivity index (χ0v) is 6.98. The van der Waals surface area contributed by atoms with Crippen LogP contribution in [-0.4, -0.2) is 8.42 Å². The third kappa shape index (κ3) is 1.92. The first-order chi connectivity index (χ1) is 5.02. The number of halogens is 1. The second-order valence-electron chi connectivity index (χ2n) is 1.90. The summed E-state index contributed by atoms with van der Waals surface area (Å²) in [5.41, 5.74) is 0. The van der Waals surface area contributed by atoms with Crippen molar-refractivity contribution < 1.29 is 8.42 Å². The first-order valence-corrected chi connectivity index (χ1v) is 4.62. The van der Waals surface area contributed by atoms with Gasteiger partial charge < -0.3 is 0 Å². The van der Waals surface area contributed by atoms with Crippen LogP contribution in [0.3, 0.4) is 0 Å². The molecule has 0 aromatic heterocycles. The second kappa shape index (κ2) is 2.81. The molecule has 0 aliphatic carbocycles. The molecule has 0 aliphatic rings. The van der Waals surface area contributed by atoms with E-state index in [0.29, 0.717) is 0 Å². The highest BCUT2D eigenvalue weighted by atomic mass is 35.5. The Balaban J connectivity index is 3.37. The molecule has 1 rings (SSSR count). The first kappa shape index (κ1) is 8.52. The van der Waals surface area contributed by atoms with Crippen molar-refractivity contribution in [3.05, 3.63) is 29.3 Å². The van der Waals surface area contributed by atoms with Gasteiger partial charge in [0.15, 0.2) is 0 Å². The maximum atomic E-state index is 10.7. The van der Waals surface area contributed by atoms with Gasteiger partial charge in [-0.1, -0.05) is 17.7 Å². The maximum Gasteiger partial charge on any atom is 0.239 e. The van der Waals surface area contributed by atoms with Crippen LogP contribution >= 0.6 is 11.6 Å². The van der Waals surface area contributed by atoms with Gasteiger partial charge in [0.05, 0.1) is 5.02 Å². The fourth-order valence-corrected chi connectivity index (χ4v) is 1.66. The third-order valence-corrected chi connectivity index (χ3v) is 2.48. The summed E-state index contributed by atoms with van der Waals surface area (Å²) in [6.45, 7) is 0. The highest BCUT2D eigenvalue weighted by Gasteiger charge is 2.10. The van der Waals surface area contributed by atoms with Crippen LogP contribution in [0.5, 0.6) is 0 Å². The summed E-state index contributed by atoms with van der Waals surface area (Å²) in [7, 11) is -3.69. The number of nitrogens with two attached hydrogens (primary N) is 1. The molecule has 0 aliphatic heterocycles. The van der Waals surface area contributed by atoms with E-state index >= 15 is 0 Å². The van der Waals surface area contributed by atoms with E-state index in [2.05, 4.69) is 6.07 Å². The molecular formula is C6H5ClNO2S. The van der Waals surface area contributed by atoms with Crippen LogP contribution < -0.4 is 5.14 Å². The Labute approximate surface area is 69.8 Å². The van der Waals surface area contributed by atoms with Gasteiger partial charge in [-0.2, -0.15) is 0 Å². The van der Waals surface area contributed by atoms with Crippen molar-refractivity contribution in [3.63, 3.8) is 0 Å². The Morgan fingerprint density at radius 1 is 1.55 bits per heavy atom. The molecule has 0 heterocycles. The average Bonchev–Trinajstić information content (AvgIpc) is 1.86. The molecule has 0 saturated carbocycles. The summed E-state index contributed by atoms with van der Waals surface area (Å²) in [6, 6.07) is 6.71. The van der Waals surface area contributed by atoms with Gasteiger partial charge >= 0.3 is 0 Å². The minimum atomic E-state index is -3.69. The van der Waals surface area contributed by atoms with Gasteiger partial charge in [0.25, 0.3) is 0 Å². The van der Waals surface area contributed by atoms with Crippen LogP contribution in [0.4, 0.5) is 0 Å². The Morgan fingerprint density at radius 3 is 2.55 bits per heavy atom. The topological polar surface area (TPSA) is 60.2 Å². The standard InChI is InChI=1S/C6H5ClNO2S/c7-5-3-1-2-4-6(5)11(8,9)10/h2-4H,(H2,8,9,10). The molecular weight excluding hydrogens is 186 g/mol. The molecule has 0 unspecified atom stereocenters. The molecule has 1 radical (unpaired) electrons. The Bertz CT molecular complexity index is 361. The number of benzene rings is 1. The number of rotatable bonds is 1. The van der Waals surface area contributed by atoms with Crippen molar-refractivity contribution in [1.29, 1.82) is 0 Å². The molecule has 0 bridgehead atoms. The number of primary sulfonamides is 1. The zero-order chi connectivity index (χ0) is 8.48. The van der Waals surface area contributed by atoms with Crippen LogP contribution in [0.1, 0.15) is 0 Å². The van der Waals surface area contributed by atoms with Crippen LogP contribution in [0.25, 0.3) is 0 Å². The zero-order valence-electron chi connectivity index (χ0n) is 5.41. The van der Waals surface area contributed by atoms with E-state index < -0.39 is 10.0 Å². The summed E-state index contributed by atoms with van der Waals surface area (Å²) < 4.78 is 21.5. The monoisotopic (exact) mass is 190 g/mol. The van der Waals surface area contributed by atoms with Gasteiger partial charge in [-0.25, -0.2) is 13.6 Å². The maximum absolute atomic E-state index is 10.7. The molecule has 1 aromatic rings. The normalized spacial score (nSPS) is 11.5. The highest BCUT2D eigenvalue weighted by Crippen LogP contribution is 2.17. The van der Waals surface area contributed by atoms with E-state index in [1.807, 2.05) is 0 Å². The quantitative estimate of drug-likeness (QED) is 0.712. The largest absolute Gasteiger partial charge is 0.239 e. The fraction of sp³-hybridized carbons (Fsp3) is 0. The van der Waals surface area contributed by atoms with E-state index in [1.165, 1.54) is 18.2 Å². The molecule has 2 N–H and O–H groups in total. The molecule has 0 saturated heterocycles. The second-order valence-corrected chi connectivity index (χ2v) is 3.84. The minimum Gasteiger partial charge on any atom is -0.225 e. The van der Waals surface area contributed by atoms with Gasteiger partial charge in [0.1, 0.15) is 4.90 Å². The first-order valence-electron chi connectivity index (χ1n) is 2.70. The summed E-state index contributed by atoms with van der Waals surface area (Å²) in [6.07, 6.45) is 0. The third-order valence-electron chi connectivity index (χ3n) is 1.08. The molecule has 3 nitrogen and oxygen atoms in total. The SMILES string of the molecule is NS(=O)(=O)c1cc[c]cc1Cl. The lowest BCUT2D eigenvalue weighted by atomic mass is 10.4. The molecule has 5 heteroatoms. The van der Waals surface area contributed by atoms with Crippen molar-refractivity contribution in [3.8, 4) is 0 Å². The molecule has 0 fully saturated rings. The molecule has 11 heavy (non-hydrogen) atoms. The van der Waals surface area contributed by atoms with Crippen molar-refractivity contribution in [2.75, 3.05) is 0 Å². The van der Waals surface area contributed by atoms with E-state index in [0.717, 1.165) is 0 Å². The Kier molecular flexibility index (Phi) is 2.17. The number of hydrogen-bond donors (Lipinski definition) is 1. The minimum absolute atomic E-state index is 0.0714. The molecule has 59 valence electrons. The molecule has 0 amide bonds. The van der Waals surface area contributed by atoms with Gasteiger partial charge in [0, 0.05) is 0 Å². The van der Waals surface area contributed by atoms with Crippen molar-refractivity contribution in [1.82, 2.24) is 0 Å². The van der Waals surface area contributed by atoms with Crippen LogP contribution in [-0.2, 0) is 10.0 Å². The lowest BCUT2D eigenvalue weighted by molar-refractivity contribution is 0.598. The highest BCUT2D eigenvalue weighted by molar-refractivity contribution is 7.89. The molecule has 0 atom stereocenters. The smallest absolute Gasteiger partial charge is 0.225 e. The molecule has 1 aromatic carbocycles. The summed E-state index contributed by atoms with van der Waals surface area (Å²) in [5.74, 6) is 0. The van der Waals surface area contributed by atoms with E-state index in [4.69, 9.17) is 16.7 Å². The Hall–Kier alpha value is -0.580. The van der Waals surface area contributed by atoms with Crippen molar-refractivity contribution in [2.24, 2.45) is 5.14 Å². The van der Waals surface area contributed by atoms with E-state index in [-0.39, 0.29) is 9.92 Å². The summed E-state index contributed by atoms with van der Waals surface area (Å²) in [5, 5.41) is 4.92. The van der Waals surface area contributed by atoms with E-state index in [1.54, 1.807) is 0 Å². The summed E-state index contributed by atoms with van der Waals surface area (Å²) in [4.78, 5) is -0.0714. The number of hydrogen-bond acceptors (Lipinski definition) is 2. The van der Waals surface area contributed by atoms with Gasteiger partial charge in [0.2, 0.25) is 10.0 Å². The van der Waals surface area contributed by atoms with Crippen LogP contribution in [0.15, 0.2) is 23.1 Å². The van der Waals surface area contributed by atoms with Crippen LogP contribution in [0.2, 0.25) is 5.02 Å². The average molecular weight is 191 g/mol. The van der Waals surface area contributed by atoms with Gasteiger partial charge in [-0.3, -0.25) is 0 Å². The lowest BCUT2D eigenvalue weighted by Gasteiger charge is -1.98. The van der Waals surface area contributed by atoms with Crippen molar-refractivity contribution in [2.45, 2.75) is 4.90 Å². The fourth-order valence-electron chi connectivity index (χ4n) is 0.627. The predicted octanol–water partition coefficient (Wildman–Crippen LogP) is 0.788. The van der Waals surface area contributed by atoms with E-state index in [9.17, 15) is 8.42 Å². The van der Waals surface area contributed by atoms with Crippen molar-refractivity contribution >= 4 is 21.6 Å². The van der Waals surface area contributed by atoms with Gasteiger partial charge in [-0.05, 0) is 18.2 Å². The van der Waals surface area contributed by atoms with Gasteiger partial charge in [-0.15, -0.1) is 0 Å². The molecule has 0 spiro atoms.